The highest BCUT2D eigenvalue weighted by Gasteiger charge is 2.14. The molecule has 3 N–H and O–H groups in total. The predicted molar refractivity (Wildman–Crippen MR) is 109 cm³/mol. The van der Waals surface area contributed by atoms with Crippen molar-refractivity contribution in [1.29, 1.82) is 0 Å². The number of amides is 1. The molecule has 0 aliphatic rings. The molecule has 1 amide bonds. The van der Waals surface area contributed by atoms with E-state index in [4.69, 9.17) is 5.84 Å². The van der Waals surface area contributed by atoms with Crippen LogP contribution in [-0.2, 0) is 4.79 Å². The van der Waals surface area contributed by atoms with Gasteiger partial charge in [-0.05, 0) is 43.2 Å². The van der Waals surface area contributed by atoms with Crippen LogP contribution in [0.2, 0.25) is 0 Å². The number of nitrogens with two attached hydrogens (primary N) is 1. The van der Waals surface area contributed by atoms with E-state index in [1.54, 1.807) is 0 Å². The largest absolute Gasteiger partial charge is 0.335 e. The van der Waals surface area contributed by atoms with Gasteiger partial charge >= 0.3 is 0 Å². The second-order valence-corrected chi connectivity index (χ2v) is 7.70. The Morgan fingerprint density at radius 1 is 1.23 bits per heavy atom. The van der Waals surface area contributed by atoms with Crippen LogP contribution in [0.15, 0.2) is 52.1 Å². The number of carbonyl (C=O) groups excluding carboxylic acids is 1. The summed E-state index contributed by atoms with van der Waals surface area (Å²) < 4.78 is 2.33. The van der Waals surface area contributed by atoms with Crippen LogP contribution in [0.25, 0.3) is 11.4 Å². The lowest BCUT2D eigenvalue weighted by molar-refractivity contribution is -0.113. The molecular weight excluding hydrogens is 414 g/mol. The highest BCUT2D eigenvalue weighted by Crippen LogP contribution is 2.24. The van der Waals surface area contributed by atoms with Crippen LogP contribution < -0.4 is 11.2 Å². The Kier molecular flexibility index (Phi) is 5.63. The molecule has 0 atom stereocenters. The summed E-state index contributed by atoms with van der Waals surface area (Å²) >= 11 is 4.67. The minimum absolute atomic E-state index is 0.115. The van der Waals surface area contributed by atoms with Gasteiger partial charge < -0.3 is 11.2 Å². The van der Waals surface area contributed by atoms with Crippen molar-refractivity contribution in [2.45, 2.75) is 19.0 Å². The molecule has 0 fully saturated rings. The molecule has 6 nitrogen and oxygen atoms in total. The lowest BCUT2D eigenvalue weighted by atomic mass is 10.1. The zero-order valence-electron chi connectivity index (χ0n) is 14.4. The summed E-state index contributed by atoms with van der Waals surface area (Å²) in [5.74, 6) is 6.72. The summed E-state index contributed by atoms with van der Waals surface area (Å²) in [4.78, 5) is 12.2. The second-order valence-electron chi connectivity index (χ2n) is 5.84. The fourth-order valence-electron chi connectivity index (χ4n) is 2.39. The molecule has 1 aromatic heterocycles. The van der Waals surface area contributed by atoms with E-state index >= 15 is 0 Å². The minimum Gasteiger partial charge on any atom is -0.335 e. The summed E-state index contributed by atoms with van der Waals surface area (Å²) in [6, 6.07) is 13.6. The van der Waals surface area contributed by atoms with Gasteiger partial charge in [-0.1, -0.05) is 52.0 Å². The lowest BCUT2D eigenvalue weighted by Crippen LogP contribution is -2.17. The van der Waals surface area contributed by atoms with E-state index in [0.717, 1.165) is 26.9 Å². The van der Waals surface area contributed by atoms with E-state index < -0.39 is 0 Å². The van der Waals surface area contributed by atoms with Crippen molar-refractivity contribution in [2.24, 2.45) is 0 Å². The number of halogens is 1. The number of nitrogens with zero attached hydrogens (tertiary/aromatic N) is 3. The second kappa shape index (κ2) is 7.92. The topological polar surface area (TPSA) is 85.8 Å². The summed E-state index contributed by atoms with van der Waals surface area (Å²) in [7, 11) is 0. The fourth-order valence-corrected chi connectivity index (χ4v) is 3.44. The van der Waals surface area contributed by atoms with Gasteiger partial charge in [-0.3, -0.25) is 4.79 Å². The number of carbonyl (C=O) groups is 1. The van der Waals surface area contributed by atoms with E-state index in [9.17, 15) is 4.79 Å². The average Bonchev–Trinajstić information content (AvgIpc) is 2.97. The molecule has 0 unspecified atom stereocenters. The van der Waals surface area contributed by atoms with Crippen molar-refractivity contribution in [1.82, 2.24) is 14.9 Å². The number of benzene rings is 2. The molecule has 0 bridgehead atoms. The minimum atomic E-state index is -0.115. The molecule has 1 heterocycles. The highest BCUT2D eigenvalue weighted by atomic mass is 79.9. The standard InChI is InChI=1S/C18H18BrN5OS/c1-11-6-7-12(2)15(8-11)21-16(25)10-26-18-23-22-17(24(18)20)13-4-3-5-14(19)9-13/h3-9H,10,20H2,1-2H3,(H,21,25). The van der Waals surface area contributed by atoms with Crippen LogP contribution in [0.1, 0.15) is 11.1 Å². The predicted octanol–water partition coefficient (Wildman–Crippen LogP) is 3.77. The van der Waals surface area contributed by atoms with Gasteiger partial charge in [-0.2, -0.15) is 0 Å². The van der Waals surface area contributed by atoms with Crippen LogP contribution in [0.4, 0.5) is 5.69 Å². The highest BCUT2D eigenvalue weighted by molar-refractivity contribution is 9.10. The first-order chi connectivity index (χ1) is 12.4. The maximum absolute atomic E-state index is 12.2. The van der Waals surface area contributed by atoms with Crippen molar-refractivity contribution in [3.05, 3.63) is 58.1 Å². The molecule has 8 heteroatoms. The van der Waals surface area contributed by atoms with Gasteiger partial charge in [0.25, 0.3) is 0 Å². The molecule has 134 valence electrons. The first-order valence-corrected chi connectivity index (χ1v) is 9.68. The summed E-state index contributed by atoms with van der Waals surface area (Å²) in [5.41, 5.74) is 3.78. The van der Waals surface area contributed by atoms with Crippen LogP contribution >= 0.6 is 27.7 Å². The number of aryl methyl sites for hydroxylation is 2. The number of thioether (sulfide) groups is 1. The summed E-state index contributed by atoms with van der Waals surface area (Å²) in [6.45, 7) is 3.95. The molecular formula is C18H18BrN5OS. The smallest absolute Gasteiger partial charge is 0.234 e. The Balaban J connectivity index is 1.67. The van der Waals surface area contributed by atoms with Gasteiger partial charge in [0.05, 0.1) is 5.75 Å². The Labute approximate surface area is 164 Å². The van der Waals surface area contributed by atoms with Crippen LogP contribution in [-0.4, -0.2) is 26.5 Å². The molecule has 0 spiro atoms. The Bertz CT molecular complexity index is 957. The maximum Gasteiger partial charge on any atom is 0.234 e. The molecule has 0 saturated heterocycles. The van der Waals surface area contributed by atoms with Crippen LogP contribution in [0.5, 0.6) is 0 Å². The van der Waals surface area contributed by atoms with Crippen molar-refractivity contribution >= 4 is 39.3 Å². The Morgan fingerprint density at radius 3 is 2.81 bits per heavy atom. The zero-order chi connectivity index (χ0) is 18.7. The third-order valence-corrected chi connectivity index (χ3v) is 5.18. The number of nitrogen functional groups attached to an aromatic ring is 1. The third-order valence-electron chi connectivity index (χ3n) is 3.75. The summed E-state index contributed by atoms with van der Waals surface area (Å²) in [5, 5.41) is 11.6. The molecule has 3 aromatic rings. The van der Waals surface area contributed by atoms with Crippen molar-refractivity contribution in [2.75, 3.05) is 16.9 Å². The van der Waals surface area contributed by atoms with Crippen LogP contribution in [0.3, 0.4) is 0 Å². The molecule has 0 radical (unpaired) electrons. The third kappa shape index (κ3) is 4.25. The monoisotopic (exact) mass is 431 g/mol. The molecule has 2 aromatic carbocycles. The molecule has 0 aliphatic carbocycles. The number of anilines is 1. The van der Waals surface area contributed by atoms with Gasteiger partial charge in [-0.25, -0.2) is 4.68 Å². The average molecular weight is 432 g/mol. The quantitative estimate of drug-likeness (QED) is 0.474. The van der Waals surface area contributed by atoms with E-state index in [1.807, 2.05) is 56.3 Å². The van der Waals surface area contributed by atoms with E-state index in [2.05, 4.69) is 31.4 Å². The number of nitrogens with one attached hydrogen (secondary N) is 1. The number of hydrogen-bond donors (Lipinski definition) is 2. The number of rotatable bonds is 5. The molecule has 0 saturated carbocycles. The normalized spacial score (nSPS) is 10.7. The van der Waals surface area contributed by atoms with E-state index in [-0.39, 0.29) is 11.7 Å². The first-order valence-electron chi connectivity index (χ1n) is 7.90. The van der Waals surface area contributed by atoms with Gasteiger partial charge in [-0.15, -0.1) is 10.2 Å². The Hall–Kier alpha value is -2.32. The van der Waals surface area contributed by atoms with E-state index in [1.165, 1.54) is 16.4 Å². The van der Waals surface area contributed by atoms with Crippen molar-refractivity contribution < 1.29 is 4.79 Å². The van der Waals surface area contributed by atoms with Gasteiger partial charge in [0, 0.05) is 15.7 Å². The molecule has 3 rings (SSSR count). The van der Waals surface area contributed by atoms with E-state index in [0.29, 0.717) is 11.0 Å². The van der Waals surface area contributed by atoms with Gasteiger partial charge in [0.2, 0.25) is 11.1 Å². The molecule has 26 heavy (non-hydrogen) atoms. The molecule has 0 aliphatic heterocycles. The van der Waals surface area contributed by atoms with Crippen molar-refractivity contribution in [3.63, 3.8) is 0 Å². The maximum atomic E-state index is 12.2. The summed E-state index contributed by atoms with van der Waals surface area (Å²) in [6.07, 6.45) is 0. The zero-order valence-corrected chi connectivity index (χ0v) is 16.8. The number of hydrogen-bond acceptors (Lipinski definition) is 5. The first kappa shape index (κ1) is 18.5. The lowest BCUT2D eigenvalue weighted by Gasteiger charge is -2.09. The van der Waals surface area contributed by atoms with Gasteiger partial charge in [0.15, 0.2) is 5.82 Å². The van der Waals surface area contributed by atoms with Crippen LogP contribution in [0, 0.1) is 13.8 Å². The fraction of sp³-hybridized carbons (Fsp3) is 0.167. The SMILES string of the molecule is Cc1ccc(C)c(NC(=O)CSc2nnc(-c3cccc(Br)c3)n2N)c1. The Morgan fingerprint density at radius 2 is 2.04 bits per heavy atom. The number of aromatic nitrogens is 3. The van der Waals surface area contributed by atoms with Gasteiger partial charge in [0.1, 0.15) is 0 Å². The van der Waals surface area contributed by atoms with Crippen molar-refractivity contribution in [3.8, 4) is 11.4 Å².